The molecule has 0 bridgehead atoms. The summed E-state index contributed by atoms with van der Waals surface area (Å²) in [6, 6.07) is 16.4. The number of phosphoric acid groups is 1. The topological polar surface area (TPSA) is 58.6 Å². The third-order valence-corrected chi connectivity index (χ3v) is 2.79. The van der Waals surface area contributed by atoms with Crippen molar-refractivity contribution in [3.8, 4) is 11.5 Å². The Labute approximate surface area is 145 Å². The van der Waals surface area contributed by atoms with Gasteiger partial charge in [-0.05, 0) is 24.3 Å². The van der Waals surface area contributed by atoms with Crippen molar-refractivity contribution in [2.45, 2.75) is 0 Å². The molecule has 0 fully saturated rings. The van der Waals surface area contributed by atoms with Crippen LogP contribution in [0.2, 0.25) is 0 Å². The monoisotopic (exact) mass is 454 g/mol. The van der Waals surface area contributed by atoms with Crippen LogP contribution in [0.25, 0.3) is 0 Å². The van der Waals surface area contributed by atoms with Crippen LogP contribution in [0.5, 0.6) is 11.5 Å². The molecule has 2 aromatic rings. The van der Waals surface area contributed by atoms with Gasteiger partial charge in [-0.15, -0.1) is 0 Å². The maximum Gasteiger partial charge on any atom is 2.00 e. The number of hydrogen-bond acceptors (Lipinski definition) is 4. The van der Waals surface area contributed by atoms with Gasteiger partial charge in [-0.1, -0.05) is 36.4 Å². The molecule has 0 heterocycles. The molecular formula is C13H12IO4PZn. The van der Waals surface area contributed by atoms with E-state index in [4.69, 9.17) is 9.05 Å². The largest absolute Gasteiger partial charge is 2.00 e. The molecule has 102 valence electrons. The summed E-state index contributed by atoms with van der Waals surface area (Å²) in [5.41, 5.74) is 0. The molecule has 0 aliphatic rings. The number of hydrogen-bond donors (Lipinski definition) is 0. The first-order valence-corrected chi connectivity index (χ1v) is 8.21. The molecular weight excluding hydrogens is 443 g/mol. The van der Waals surface area contributed by atoms with Gasteiger partial charge in [0.2, 0.25) is 0 Å². The van der Waals surface area contributed by atoms with Crippen LogP contribution in [0.1, 0.15) is 0 Å². The Morgan fingerprint density at radius 1 is 0.850 bits per heavy atom. The Balaban J connectivity index is 0.00000115. The van der Waals surface area contributed by atoms with E-state index in [2.05, 4.69) is 4.93 Å². The van der Waals surface area contributed by atoms with E-state index in [1.807, 2.05) is 22.6 Å². The van der Waals surface area contributed by atoms with E-state index in [1.54, 1.807) is 60.7 Å². The van der Waals surface area contributed by atoms with Crippen molar-refractivity contribution in [2.75, 3.05) is 0 Å². The summed E-state index contributed by atoms with van der Waals surface area (Å²) in [4.78, 5) is 14.8. The summed E-state index contributed by atoms with van der Waals surface area (Å²) in [5, 5.41) is 0. The van der Waals surface area contributed by atoms with Crippen molar-refractivity contribution in [3.63, 3.8) is 0 Å². The fourth-order valence-electron chi connectivity index (χ4n) is 1.24. The zero-order chi connectivity index (χ0) is 14.1. The summed E-state index contributed by atoms with van der Waals surface area (Å²) in [7, 11) is -4.39. The Kier molecular flexibility index (Phi) is 10.1. The zero-order valence-electron chi connectivity index (χ0n) is 10.6. The maximum atomic E-state index is 11.6. The molecule has 4 nitrogen and oxygen atoms in total. The van der Waals surface area contributed by atoms with Crippen LogP contribution in [0.3, 0.4) is 0 Å². The van der Waals surface area contributed by atoms with Gasteiger partial charge in [0.15, 0.2) is 0 Å². The second-order valence-electron chi connectivity index (χ2n) is 3.26. The predicted molar refractivity (Wildman–Crippen MR) is 81.1 cm³/mol. The van der Waals surface area contributed by atoms with Gasteiger partial charge in [0.1, 0.15) is 11.5 Å². The summed E-state index contributed by atoms with van der Waals surface area (Å²) in [6.45, 7) is 0. The third kappa shape index (κ3) is 7.39. The molecule has 0 spiro atoms. The van der Waals surface area contributed by atoms with Crippen molar-refractivity contribution >= 4 is 30.4 Å². The first-order valence-electron chi connectivity index (χ1n) is 5.23. The van der Waals surface area contributed by atoms with E-state index in [-0.39, 0.29) is 31.0 Å². The quantitative estimate of drug-likeness (QED) is 0.304. The van der Waals surface area contributed by atoms with E-state index in [9.17, 15) is 9.46 Å². The predicted octanol–water partition coefficient (Wildman–Crippen LogP) is 3.82. The number of para-hydroxylation sites is 2. The van der Waals surface area contributed by atoms with Gasteiger partial charge in [0.25, 0.3) is 0 Å². The van der Waals surface area contributed by atoms with Gasteiger partial charge >= 0.3 is 27.3 Å². The normalized spacial score (nSPS) is 9.55. The SMILES string of the molecule is O=P([O-])(Oc1ccccc1)Oc1ccccc1.[CH2-]I.[Zn+2]. The van der Waals surface area contributed by atoms with Gasteiger partial charge in [0.05, 0.1) is 0 Å². The van der Waals surface area contributed by atoms with Crippen LogP contribution in [0.15, 0.2) is 60.7 Å². The summed E-state index contributed by atoms with van der Waals surface area (Å²) in [6.07, 6.45) is 0. The van der Waals surface area contributed by atoms with E-state index < -0.39 is 7.82 Å². The van der Waals surface area contributed by atoms with Crippen LogP contribution in [-0.2, 0) is 24.0 Å². The maximum absolute atomic E-state index is 11.6. The minimum Gasteiger partial charge on any atom is -0.736 e. The Hall–Kier alpha value is -0.417. The average Bonchev–Trinajstić information content (AvgIpc) is 2.42. The summed E-state index contributed by atoms with van der Waals surface area (Å²) >= 11 is 1.90. The molecule has 0 saturated carbocycles. The zero-order valence-corrected chi connectivity index (χ0v) is 16.7. The molecule has 2 rings (SSSR count). The van der Waals surface area contributed by atoms with E-state index in [0.29, 0.717) is 0 Å². The van der Waals surface area contributed by atoms with Gasteiger partial charge in [-0.25, -0.2) is 4.57 Å². The van der Waals surface area contributed by atoms with Crippen LogP contribution in [-0.4, -0.2) is 0 Å². The molecule has 0 unspecified atom stereocenters. The molecule has 0 N–H and O–H groups in total. The molecule has 0 amide bonds. The van der Waals surface area contributed by atoms with Crippen molar-refractivity contribution < 1.29 is 38.0 Å². The first-order chi connectivity index (χ1) is 9.16. The smallest absolute Gasteiger partial charge is 0.736 e. The molecule has 0 aliphatic carbocycles. The van der Waals surface area contributed by atoms with Gasteiger partial charge < -0.3 is 36.5 Å². The first kappa shape index (κ1) is 19.6. The van der Waals surface area contributed by atoms with Crippen LogP contribution in [0, 0.1) is 4.93 Å². The molecule has 0 saturated heterocycles. The Morgan fingerprint density at radius 3 is 1.45 bits per heavy atom. The van der Waals surface area contributed by atoms with Crippen LogP contribution >= 0.6 is 30.4 Å². The summed E-state index contributed by atoms with van der Waals surface area (Å²) < 4.78 is 21.1. The van der Waals surface area contributed by atoms with Crippen molar-refractivity contribution in [2.24, 2.45) is 0 Å². The van der Waals surface area contributed by atoms with Gasteiger partial charge in [-0.2, -0.15) is 0 Å². The molecule has 0 aliphatic heterocycles. The minimum atomic E-state index is -4.39. The second-order valence-corrected chi connectivity index (χ2v) is 4.52. The second kappa shape index (κ2) is 10.3. The fourth-order valence-corrected chi connectivity index (χ4v) is 2.04. The van der Waals surface area contributed by atoms with E-state index in [1.165, 1.54) is 0 Å². The number of halogens is 1. The summed E-state index contributed by atoms with van der Waals surface area (Å²) in [5.74, 6) is 0.448. The van der Waals surface area contributed by atoms with Crippen molar-refractivity contribution in [1.29, 1.82) is 0 Å². The molecule has 0 atom stereocenters. The van der Waals surface area contributed by atoms with Crippen molar-refractivity contribution in [3.05, 3.63) is 65.6 Å². The number of benzene rings is 2. The van der Waals surface area contributed by atoms with E-state index >= 15 is 0 Å². The van der Waals surface area contributed by atoms with Crippen molar-refractivity contribution in [1.82, 2.24) is 0 Å². The number of phosphoric ester groups is 1. The fraction of sp³-hybridized carbons (Fsp3) is 0. The molecule has 7 heteroatoms. The van der Waals surface area contributed by atoms with Crippen LogP contribution < -0.4 is 13.9 Å². The van der Waals surface area contributed by atoms with Gasteiger partial charge in [0, 0.05) is 0 Å². The molecule has 0 radical (unpaired) electrons. The Bertz CT molecular complexity index is 479. The van der Waals surface area contributed by atoms with Crippen LogP contribution in [0.4, 0.5) is 0 Å². The van der Waals surface area contributed by atoms with E-state index in [0.717, 1.165) is 0 Å². The Morgan fingerprint density at radius 2 is 1.15 bits per heavy atom. The van der Waals surface area contributed by atoms with Gasteiger partial charge in [-0.3, -0.25) is 4.93 Å². The third-order valence-electron chi connectivity index (χ3n) is 1.92. The molecule has 20 heavy (non-hydrogen) atoms. The number of rotatable bonds is 4. The molecule has 2 aromatic carbocycles. The minimum absolute atomic E-state index is 0. The average molecular weight is 456 g/mol. The molecule has 0 aromatic heterocycles. The standard InChI is InChI=1S/C12H11O4P.CH2I.Zn/c13-17(14,15-11-7-3-1-4-8-11)16-12-9-5-2-6-10-12;1-2;/h1-10H,(H,13,14);1H2;/q;-1;+2/p-1.